The summed E-state index contributed by atoms with van der Waals surface area (Å²) in [5.41, 5.74) is 5.48. The molecule has 1 atom stereocenters. The van der Waals surface area contributed by atoms with Gasteiger partial charge in [0, 0.05) is 17.3 Å². The first-order chi connectivity index (χ1) is 15.6. The predicted molar refractivity (Wildman–Crippen MR) is 128 cm³/mol. The van der Waals surface area contributed by atoms with Gasteiger partial charge in [-0.1, -0.05) is 42.5 Å². The summed E-state index contributed by atoms with van der Waals surface area (Å²) in [6.07, 6.45) is 6.27. The van der Waals surface area contributed by atoms with E-state index in [1.165, 1.54) is 24.0 Å². The predicted octanol–water partition coefficient (Wildman–Crippen LogP) is 4.89. The van der Waals surface area contributed by atoms with E-state index in [2.05, 4.69) is 16.7 Å². The number of aromatic hydroxyl groups is 1. The second-order valence-electron chi connectivity index (χ2n) is 8.02. The van der Waals surface area contributed by atoms with E-state index in [9.17, 15) is 14.7 Å². The van der Waals surface area contributed by atoms with Crippen molar-refractivity contribution in [2.45, 2.75) is 45.1 Å². The summed E-state index contributed by atoms with van der Waals surface area (Å²) in [6, 6.07) is 22.4. The first kappa shape index (κ1) is 23.1. The second kappa shape index (κ2) is 11.7. The van der Waals surface area contributed by atoms with Crippen LogP contribution in [0.1, 0.15) is 46.8 Å². The molecule has 1 aliphatic rings. The van der Waals surface area contributed by atoms with E-state index in [4.69, 9.17) is 0 Å². The van der Waals surface area contributed by atoms with Crippen LogP contribution in [-0.2, 0) is 24.1 Å². The zero-order valence-corrected chi connectivity index (χ0v) is 18.4. The number of hydrogen-bond acceptors (Lipinski definition) is 3. The molecule has 0 saturated carbocycles. The van der Waals surface area contributed by atoms with E-state index in [0.29, 0.717) is 5.56 Å². The van der Waals surface area contributed by atoms with Crippen molar-refractivity contribution in [3.8, 4) is 5.75 Å². The van der Waals surface area contributed by atoms with Crippen LogP contribution in [0.2, 0.25) is 0 Å². The van der Waals surface area contributed by atoms with Crippen molar-refractivity contribution in [1.29, 1.82) is 0 Å². The molecule has 3 N–H and O–H groups in total. The van der Waals surface area contributed by atoms with Gasteiger partial charge in [0.05, 0.1) is 0 Å². The molecule has 2 amide bonds. The van der Waals surface area contributed by atoms with Crippen molar-refractivity contribution >= 4 is 18.0 Å². The molecular formula is C27H30N2O3. The monoisotopic (exact) mass is 430 g/mol. The normalized spacial score (nSPS) is 13.0. The molecule has 166 valence electrons. The Morgan fingerprint density at radius 3 is 2.41 bits per heavy atom. The standard InChI is InChI=1S/C16H17NO2.C11H13NO/c1-12(11-13-7-9-15(18)10-8-13)17-16(19)14-5-3-2-4-6-14;13-8-12-11-7-3-5-9-4-1-2-6-10(9)11/h2-10,12,18H,11H2,1H3,(H,17,19);3,5,7-8H,1-2,4,6H2,(H,12,13). The van der Waals surface area contributed by atoms with Gasteiger partial charge < -0.3 is 15.7 Å². The van der Waals surface area contributed by atoms with E-state index in [1.54, 1.807) is 24.3 Å². The average molecular weight is 431 g/mol. The molecule has 3 aromatic rings. The Hall–Kier alpha value is -3.60. The van der Waals surface area contributed by atoms with Crippen LogP contribution in [-0.4, -0.2) is 23.5 Å². The SMILES string of the molecule is CC(Cc1ccc(O)cc1)NC(=O)c1ccccc1.O=CNc1cccc2c1CCCC2. The number of phenols is 1. The number of amides is 2. The summed E-state index contributed by atoms with van der Waals surface area (Å²) in [7, 11) is 0. The third-order valence-corrected chi connectivity index (χ3v) is 5.50. The number of carbonyl (C=O) groups excluding carboxylic acids is 2. The van der Waals surface area contributed by atoms with Crippen molar-refractivity contribution in [3.63, 3.8) is 0 Å². The largest absolute Gasteiger partial charge is 0.508 e. The van der Waals surface area contributed by atoms with E-state index in [0.717, 1.165) is 36.9 Å². The molecule has 1 aliphatic carbocycles. The Labute approximate surface area is 189 Å². The molecule has 5 heteroatoms. The highest BCUT2D eigenvalue weighted by Gasteiger charge is 2.12. The fraction of sp³-hybridized carbons (Fsp3) is 0.259. The molecule has 0 spiro atoms. The number of rotatable bonds is 6. The van der Waals surface area contributed by atoms with Crippen molar-refractivity contribution in [3.05, 3.63) is 95.1 Å². The van der Waals surface area contributed by atoms with Crippen molar-refractivity contribution in [2.75, 3.05) is 5.32 Å². The van der Waals surface area contributed by atoms with E-state index in [1.807, 2.05) is 49.4 Å². The van der Waals surface area contributed by atoms with Gasteiger partial charge in [-0.15, -0.1) is 0 Å². The lowest BCUT2D eigenvalue weighted by atomic mass is 9.90. The Balaban J connectivity index is 0.000000193. The van der Waals surface area contributed by atoms with Crippen LogP contribution in [0, 0.1) is 0 Å². The van der Waals surface area contributed by atoms with Crippen LogP contribution in [0.15, 0.2) is 72.8 Å². The highest BCUT2D eigenvalue weighted by atomic mass is 16.3. The van der Waals surface area contributed by atoms with Crippen LogP contribution in [0.3, 0.4) is 0 Å². The molecule has 0 radical (unpaired) electrons. The number of benzene rings is 3. The molecule has 3 aromatic carbocycles. The van der Waals surface area contributed by atoms with Crippen LogP contribution >= 0.6 is 0 Å². The van der Waals surface area contributed by atoms with Gasteiger partial charge >= 0.3 is 0 Å². The van der Waals surface area contributed by atoms with Crippen molar-refractivity contribution in [2.24, 2.45) is 0 Å². The summed E-state index contributed by atoms with van der Waals surface area (Å²) in [5.74, 6) is 0.191. The molecule has 32 heavy (non-hydrogen) atoms. The summed E-state index contributed by atoms with van der Waals surface area (Å²) >= 11 is 0. The van der Waals surface area contributed by atoms with E-state index in [-0.39, 0.29) is 17.7 Å². The van der Waals surface area contributed by atoms with E-state index >= 15 is 0 Å². The average Bonchev–Trinajstić information content (AvgIpc) is 2.82. The maximum Gasteiger partial charge on any atom is 0.251 e. The highest BCUT2D eigenvalue weighted by molar-refractivity contribution is 5.94. The van der Waals surface area contributed by atoms with Gasteiger partial charge in [-0.05, 0) is 86.1 Å². The maximum absolute atomic E-state index is 11.9. The molecule has 1 unspecified atom stereocenters. The fourth-order valence-corrected chi connectivity index (χ4v) is 3.91. The molecule has 0 bridgehead atoms. The molecule has 0 aliphatic heterocycles. The van der Waals surface area contributed by atoms with Gasteiger partial charge in [-0.3, -0.25) is 9.59 Å². The van der Waals surface area contributed by atoms with Crippen LogP contribution in [0.4, 0.5) is 5.69 Å². The number of aryl methyl sites for hydroxylation is 1. The van der Waals surface area contributed by atoms with Crippen LogP contribution < -0.4 is 10.6 Å². The Morgan fingerprint density at radius 2 is 1.69 bits per heavy atom. The topological polar surface area (TPSA) is 78.4 Å². The zero-order valence-electron chi connectivity index (χ0n) is 18.4. The lowest BCUT2D eigenvalue weighted by Gasteiger charge is -2.18. The second-order valence-corrected chi connectivity index (χ2v) is 8.02. The lowest BCUT2D eigenvalue weighted by Crippen LogP contribution is -2.34. The first-order valence-electron chi connectivity index (χ1n) is 11.0. The third kappa shape index (κ3) is 6.71. The molecule has 0 heterocycles. The summed E-state index contributed by atoms with van der Waals surface area (Å²) in [5, 5.41) is 14.9. The van der Waals surface area contributed by atoms with Gasteiger partial charge in [0.15, 0.2) is 0 Å². The van der Waals surface area contributed by atoms with Gasteiger partial charge in [-0.25, -0.2) is 0 Å². The Kier molecular flexibility index (Phi) is 8.44. The van der Waals surface area contributed by atoms with Crippen LogP contribution in [0.25, 0.3) is 0 Å². The highest BCUT2D eigenvalue weighted by Crippen LogP contribution is 2.27. The molecular weight excluding hydrogens is 400 g/mol. The zero-order chi connectivity index (χ0) is 22.8. The first-order valence-corrected chi connectivity index (χ1v) is 11.0. The Bertz CT molecular complexity index is 1020. The number of carbonyl (C=O) groups is 2. The number of nitrogens with one attached hydrogen (secondary N) is 2. The van der Waals surface area contributed by atoms with Crippen molar-refractivity contribution in [1.82, 2.24) is 5.32 Å². The van der Waals surface area contributed by atoms with Gasteiger partial charge in [0.2, 0.25) is 6.41 Å². The maximum atomic E-state index is 11.9. The minimum Gasteiger partial charge on any atom is -0.508 e. The fourth-order valence-electron chi connectivity index (χ4n) is 3.91. The minimum absolute atomic E-state index is 0.0391. The van der Waals surface area contributed by atoms with Gasteiger partial charge in [-0.2, -0.15) is 0 Å². The third-order valence-electron chi connectivity index (χ3n) is 5.50. The molecule has 0 saturated heterocycles. The molecule has 0 fully saturated rings. The number of anilines is 1. The molecule has 5 nitrogen and oxygen atoms in total. The summed E-state index contributed by atoms with van der Waals surface area (Å²) < 4.78 is 0. The number of hydrogen-bond donors (Lipinski definition) is 3. The molecule has 4 rings (SSSR count). The molecule has 0 aromatic heterocycles. The van der Waals surface area contributed by atoms with E-state index < -0.39 is 0 Å². The lowest BCUT2D eigenvalue weighted by molar-refractivity contribution is -0.105. The summed E-state index contributed by atoms with van der Waals surface area (Å²) in [6.45, 7) is 1.97. The Morgan fingerprint density at radius 1 is 0.969 bits per heavy atom. The van der Waals surface area contributed by atoms with Crippen molar-refractivity contribution < 1.29 is 14.7 Å². The smallest absolute Gasteiger partial charge is 0.251 e. The van der Waals surface area contributed by atoms with Crippen LogP contribution in [0.5, 0.6) is 5.75 Å². The minimum atomic E-state index is -0.0631. The summed E-state index contributed by atoms with van der Waals surface area (Å²) in [4.78, 5) is 22.3. The van der Waals surface area contributed by atoms with Gasteiger partial charge in [0.1, 0.15) is 5.75 Å². The van der Waals surface area contributed by atoms with Gasteiger partial charge in [0.25, 0.3) is 5.91 Å². The quantitative estimate of drug-likeness (QED) is 0.488. The number of fused-ring (bicyclic) bond motifs is 1. The number of phenolic OH excluding ortho intramolecular Hbond substituents is 1.